The van der Waals surface area contributed by atoms with Crippen molar-refractivity contribution in [1.29, 1.82) is 0 Å². The molecule has 3 atom stereocenters. The van der Waals surface area contributed by atoms with Gasteiger partial charge in [0.15, 0.2) is 0 Å². The molecule has 0 aromatic heterocycles. The Hall–Kier alpha value is -1.84. The zero-order chi connectivity index (χ0) is 14.8. The van der Waals surface area contributed by atoms with Gasteiger partial charge in [0, 0.05) is 12.5 Å². The number of carbonyl (C=O) groups excluding carboxylic acids is 2. The molecule has 4 heteroatoms. The van der Waals surface area contributed by atoms with Gasteiger partial charge in [0.2, 0.25) is 5.91 Å². The van der Waals surface area contributed by atoms with Crippen LogP contribution in [0.1, 0.15) is 31.7 Å². The molecule has 1 aliphatic heterocycles. The fourth-order valence-electron chi connectivity index (χ4n) is 2.98. The molecule has 4 nitrogen and oxygen atoms in total. The van der Waals surface area contributed by atoms with Crippen molar-refractivity contribution in [2.75, 3.05) is 6.54 Å². The second-order valence-corrected chi connectivity index (χ2v) is 6.10. The molecule has 1 aromatic carbocycles. The van der Waals surface area contributed by atoms with E-state index in [1.165, 1.54) is 0 Å². The van der Waals surface area contributed by atoms with Gasteiger partial charge in [-0.15, -0.1) is 0 Å². The van der Waals surface area contributed by atoms with Gasteiger partial charge in [0.05, 0.1) is 0 Å². The first-order chi connectivity index (χ1) is 10.2. The number of hydrogen-bond donors (Lipinski definition) is 0. The lowest BCUT2D eigenvalue weighted by molar-refractivity contribution is -0.155. The highest BCUT2D eigenvalue weighted by Crippen LogP contribution is 2.40. The van der Waals surface area contributed by atoms with Crippen molar-refractivity contribution in [2.45, 2.75) is 38.8 Å². The van der Waals surface area contributed by atoms with Crippen molar-refractivity contribution in [3.8, 4) is 0 Å². The first kappa shape index (κ1) is 14.1. The summed E-state index contributed by atoms with van der Waals surface area (Å²) in [7, 11) is 0. The average Bonchev–Trinajstić information content (AvgIpc) is 3.03. The molecule has 0 N–H and O–H groups in total. The second-order valence-electron chi connectivity index (χ2n) is 6.10. The first-order valence-electron chi connectivity index (χ1n) is 7.68. The molecule has 1 saturated carbocycles. The molecule has 1 aliphatic carbocycles. The Morgan fingerprint density at radius 1 is 1.29 bits per heavy atom. The summed E-state index contributed by atoms with van der Waals surface area (Å²) in [5.74, 6) is 0.478. The van der Waals surface area contributed by atoms with E-state index in [4.69, 9.17) is 4.74 Å². The van der Waals surface area contributed by atoms with E-state index in [1.807, 2.05) is 30.3 Å². The van der Waals surface area contributed by atoms with Gasteiger partial charge in [-0.2, -0.15) is 0 Å². The van der Waals surface area contributed by atoms with E-state index in [2.05, 4.69) is 6.92 Å². The Morgan fingerprint density at radius 3 is 2.67 bits per heavy atom. The van der Waals surface area contributed by atoms with Gasteiger partial charge >= 0.3 is 5.97 Å². The van der Waals surface area contributed by atoms with Gasteiger partial charge in [-0.05, 0) is 30.7 Å². The highest BCUT2D eigenvalue weighted by molar-refractivity contribution is 5.88. The quantitative estimate of drug-likeness (QED) is 0.799. The van der Waals surface area contributed by atoms with E-state index in [0.29, 0.717) is 12.5 Å². The fraction of sp³-hybridized carbons (Fsp3) is 0.529. The molecule has 21 heavy (non-hydrogen) atoms. The molecule has 3 rings (SSSR count). The lowest BCUT2D eigenvalue weighted by Crippen LogP contribution is -2.42. The monoisotopic (exact) mass is 287 g/mol. The molecule has 112 valence electrons. The normalized spacial score (nSPS) is 27.5. The van der Waals surface area contributed by atoms with Crippen LogP contribution in [0.15, 0.2) is 30.3 Å². The number of likely N-dealkylation sites (tertiary alicyclic amines) is 1. The Labute approximate surface area is 125 Å². The topological polar surface area (TPSA) is 46.6 Å². The molecular weight excluding hydrogens is 266 g/mol. The maximum Gasteiger partial charge on any atom is 0.329 e. The van der Waals surface area contributed by atoms with Crippen LogP contribution in [0.3, 0.4) is 0 Å². The predicted molar refractivity (Wildman–Crippen MR) is 78.2 cm³/mol. The molecule has 2 aliphatic rings. The minimum absolute atomic E-state index is 0.132. The standard InChI is InChI=1S/C17H21NO3/c1-12-10-14(12)16(19)18-9-5-8-15(18)17(20)21-11-13-6-3-2-4-7-13/h2-4,6-7,12,14-15H,5,8-11H2,1H3. The molecule has 1 heterocycles. The van der Waals surface area contributed by atoms with Crippen LogP contribution in [-0.2, 0) is 20.9 Å². The first-order valence-corrected chi connectivity index (χ1v) is 7.68. The number of carbonyl (C=O) groups is 2. The third kappa shape index (κ3) is 3.09. The predicted octanol–water partition coefficient (Wildman–Crippen LogP) is 2.38. The van der Waals surface area contributed by atoms with Gasteiger partial charge in [0.25, 0.3) is 0 Å². The number of ether oxygens (including phenoxy) is 1. The van der Waals surface area contributed by atoms with E-state index < -0.39 is 0 Å². The summed E-state index contributed by atoms with van der Waals surface area (Å²) in [5.41, 5.74) is 0.970. The molecule has 0 bridgehead atoms. The SMILES string of the molecule is CC1CC1C(=O)N1CCCC1C(=O)OCc1ccccc1. The summed E-state index contributed by atoms with van der Waals surface area (Å²) in [6.45, 7) is 3.05. The number of hydrogen-bond acceptors (Lipinski definition) is 3. The largest absolute Gasteiger partial charge is 0.459 e. The molecule has 0 spiro atoms. The number of rotatable bonds is 4. The van der Waals surface area contributed by atoms with E-state index in [0.717, 1.165) is 24.8 Å². The number of esters is 1. The van der Waals surface area contributed by atoms with Crippen LogP contribution in [0.4, 0.5) is 0 Å². The molecule has 0 radical (unpaired) electrons. The molecule has 1 amide bonds. The van der Waals surface area contributed by atoms with Crippen LogP contribution in [0.5, 0.6) is 0 Å². The van der Waals surface area contributed by atoms with Gasteiger partial charge < -0.3 is 9.64 Å². The van der Waals surface area contributed by atoms with Gasteiger partial charge in [-0.3, -0.25) is 4.79 Å². The van der Waals surface area contributed by atoms with E-state index in [9.17, 15) is 9.59 Å². The van der Waals surface area contributed by atoms with Crippen LogP contribution in [0, 0.1) is 11.8 Å². The molecule has 2 fully saturated rings. The highest BCUT2D eigenvalue weighted by atomic mass is 16.5. The zero-order valence-corrected chi connectivity index (χ0v) is 12.3. The van der Waals surface area contributed by atoms with Crippen molar-refractivity contribution >= 4 is 11.9 Å². The Balaban J connectivity index is 1.57. The maximum atomic E-state index is 12.3. The Bertz CT molecular complexity index is 528. The number of nitrogens with zero attached hydrogens (tertiary/aromatic N) is 1. The summed E-state index contributed by atoms with van der Waals surface area (Å²) in [4.78, 5) is 26.3. The summed E-state index contributed by atoms with van der Waals surface area (Å²) >= 11 is 0. The molecule has 1 saturated heterocycles. The smallest absolute Gasteiger partial charge is 0.329 e. The van der Waals surface area contributed by atoms with Gasteiger partial charge in [0.1, 0.15) is 12.6 Å². The summed E-state index contributed by atoms with van der Waals surface area (Å²) in [6.07, 6.45) is 2.57. The van der Waals surface area contributed by atoms with Crippen molar-refractivity contribution < 1.29 is 14.3 Å². The molecule has 1 aromatic rings. The van der Waals surface area contributed by atoms with Crippen molar-refractivity contribution in [3.05, 3.63) is 35.9 Å². The van der Waals surface area contributed by atoms with Gasteiger partial charge in [-0.25, -0.2) is 4.79 Å². The summed E-state index contributed by atoms with van der Waals surface area (Å²) in [5, 5.41) is 0. The summed E-state index contributed by atoms with van der Waals surface area (Å²) < 4.78 is 5.39. The number of benzene rings is 1. The van der Waals surface area contributed by atoms with E-state index in [1.54, 1.807) is 4.90 Å². The van der Waals surface area contributed by atoms with Crippen molar-refractivity contribution in [2.24, 2.45) is 11.8 Å². The minimum atomic E-state index is -0.381. The lowest BCUT2D eigenvalue weighted by Gasteiger charge is -2.23. The molecular formula is C17H21NO3. The van der Waals surface area contributed by atoms with Crippen LogP contribution >= 0.6 is 0 Å². The van der Waals surface area contributed by atoms with Crippen LogP contribution in [0.2, 0.25) is 0 Å². The Kier molecular flexibility index (Phi) is 3.95. The third-order valence-corrected chi connectivity index (χ3v) is 4.46. The van der Waals surface area contributed by atoms with Crippen LogP contribution in [0.25, 0.3) is 0 Å². The fourth-order valence-corrected chi connectivity index (χ4v) is 2.98. The van der Waals surface area contributed by atoms with Crippen LogP contribution < -0.4 is 0 Å². The number of amides is 1. The molecule has 3 unspecified atom stereocenters. The second kappa shape index (κ2) is 5.88. The zero-order valence-electron chi connectivity index (χ0n) is 12.3. The minimum Gasteiger partial charge on any atom is -0.459 e. The lowest BCUT2D eigenvalue weighted by atomic mass is 10.2. The average molecular weight is 287 g/mol. The van der Waals surface area contributed by atoms with Crippen LogP contribution in [-0.4, -0.2) is 29.4 Å². The van der Waals surface area contributed by atoms with Gasteiger partial charge in [-0.1, -0.05) is 37.3 Å². The maximum absolute atomic E-state index is 12.3. The van der Waals surface area contributed by atoms with Crippen molar-refractivity contribution in [1.82, 2.24) is 4.90 Å². The highest BCUT2D eigenvalue weighted by Gasteiger charge is 2.45. The summed E-state index contributed by atoms with van der Waals surface area (Å²) in [6, 6.07) is 9.24. The van der Waals surface area contributed by atoms with E-state index in [-0.39, 0.29) is 30.4 Å². The third-order valence-electron chi connectivity index (χ3n) is 4.46. The van der Waals surface area contributed by atoms with E-state index >= 15 is 0 Å². The Morgan fingerprint density at radius 2 is 2.00 bits per heavy atom. The van der Waals surface area contributed by atoms with Crippen molar-refractivity contribution in [3.63, 3.8) is 0 Å².